The molecule has 1 aliphatic rings. The van der Waals surface area contributed by atoms with E-state index < -0.39 is 5.91 Å². The molecular weight excluding hydrogens is 390 g/mol. The van der Waals surface area contributed by atoms with Gasteiger partial charge < -0.3 is 4.90 Å². The number of nitrogens with one attached hydrogen (secondary N) is 1. The van der Waals surface area contributed by atoms with Gasteiger partial charge in [-0.1, -0.05) is 35.9 Å². The number of rotatable bonds is 5. The normalized spacial score (nSPS) is 19.8. The molecule has 0 saturated carbocycles. The number of hydroxylamine groups is 1. The van der Waals surface area contributed by atoms with Crippen LogP contribution in [0.15, 0.2) is 48.5 Å². The largest absolute Gasteiger partial charge is 0.339 e. The SMILES string of the molecule is C[C@@H]1CN(C(=O)Cc2cccc(Cl)c2)C[C@H](C)N1Cc1ccc(C(=O)NO)cc1. The van der Waals surface area contributed by atoms with Crippen LogP contribution in [0, 0.1) is 0 Å². The average molecular weight is 416 g/mol. The third kappa shape index (κ3) is 5.35. The fourth-order valence-corrected chi connectivity index (χ4v) is 4.06. The van der Waals surface area contributed by atoms with E-state index in [9.17, 15) is 9.59 Å². The Labute approximate surface area is 176 Å². The van der Waals surface area contributed by atoms with Crippen LogP contribution in [0.4, 0.5) is 0 Å². The third-order valence-corrected chi connectivity index (χ3v) is 5.62. The van der Waals surface area contributed by atoms with Crippen LogP contribution in [-0.2, 0) is 17.8 Å². The highest BCUT2D eigenvalue weighted by molar-refractivity contribution is 6.30. The molecule has 2 N–H and O–H groups in total. The van der Waals surface area contributed by atoms with Gasteiger partial charge in [0.1, 0.15) is 0 Å². The molecule has 2 aromatic carbocycles. The van der Waals surface area contributed by atoms with Crippen LogP contribution >= 0.6 is 11.6 Å². The summed E-state index contributed by atoms with van der Waals surface area (Å²) in [4.78, 5) is 28.5. The van der Waals surface area contributed by atoms with Crippen molar-refractivity contribution in [3.8, 4) is 0 Å². The molecule has 0 radical (unpaired) electrons. The Hall–Kier alpha value is -2.41. The van der Waals surface area contributed by atoms with Gasteiger partial charge in [0.25, 0.3) is 5.91 Å². The minimum Gasteiger partial charge on any atom is -0.339 e. The fourth-order valence-electron chi connectivity index (χ4n) is 3.84. The fraction of sp³-hybridized carbons (Fsp3) is 0.364. The van der Waals surface area contributed by atoms with Gasteiger partial charge in [-0.05, 0) is 49.2 Å². The van der Waals surface area contributed by atoms with Crippen LogP contribution in [0.1, 0.15) is 35.3 Å². The summed E-state index contributed by atoms with van der Waals surface area (Å²) in [6, 6.07) is 15.0. The predicted octanol–water partition coefficient (Wildman–Crippen LogP) is 3.12. The lowest BCUT2D eigenvalue weighted by atomic mass is 10.0. The van der Waals surface area contributed by atoms with Crippen LogP contribution < -0.4 is 5.48 Å². The van der Waals surface area contributed by atoms with Gasteiger partial charge in [-0.15, -0.1) is 0 Å². The van der Waals surface area contributed by atoms with Gasteiger partial charge >= 0.3 is 0 Å². The molecule has 0 spiro atoms. The Morgan fingerprint density at radius 3 is 2.31 bits per heavy atom. The summed E-state index contributed by atoms with van der Waals surface area (Å²) >= 11 is 6.03. The maximum Gasteiger partial charge on any atom is 0.274 e. The first-order chi connectivity index (χ1) is 13.9. The monoisotopic (exact) mass is 415 g/mol. The first kappa shape index (κ1) is 21.3. The van der Waals surface area contributed by atoms with E-state index in [4.69, 9.17) is 16.8 Å². The molecule has 0 unspecified atom stereocenters. The molecule has 7 heteroatoms. The highest BCUT2D eigenvalue weighted by Crippen LogP contribution is 2.21. The number of hydrogen-bond donors (Lipinski definition) is 2. The molecule has 0 aromatic heterocycles. The van der Waals surface area contributed by atoms with E-state index in [1.165, 1.54) is 0 Å². The van der Waals surface area contributed by atoms with E-state index in [0.717, 1.165) is 17.7 Å². The zero-order chi connectivity index (χ0) is 21.0. The Bertz CT molecular complexity index is 860. The maximum atomic E-state index is 12.8. The summed E-state index contributed by atoms with van der Waals surface area (Å²) in [5.74, 6) is -0.407. The van der Waals surface area contributed by atoms with Crippen LogP contribution in [0.3, 0.4) is 0 Å². The summed E-state index contributed by atoms with van der Waals surface area (Å²) in [5.41, 5.74) is 4.06. The van der Waals surface area contributed by atoms with Crippen molar-refractivity contribution in [2.24, 2.45) is 0 Å². The van der Waals surface area contributed by atoms with Crippen LogP contribution in [0.2, 0.25) is 5.02 Å². The standard InChI is InChI=1S/C22H26ClN3O3/c1-15-12-25(21(27)11-18-4-3-5-20(23)10-18)13-16(2)26(15)14-17-6-8-19(9-7-17)22(28)24-29/h3-10,15-16,29H,11-14H2,1-2H3,(H,24,28)/t15-,16+. The lowest BCUT2D eigenvalue weighted by Crippen LogP contribution is -2.57. The van der Waals surface area contributed by atoms with Gasteiger partial charge in [-0.3, -0.25) is 19.7 Å². The molecule has 1 fully saturated rings. The van der Waals surface area contributed by atoms with Crippen molar-refractivity contribution < 1.29 is 14.8 Å². The molecule has 154 valence electrons. The summed E-state index contributed by atoms with van der Waals surface area (Å²) in [6.45, 7) is 6.34. The Kier molecular flexibility index (Phi) is 6.90. The van der Waals surface area contributed by atoms with Gasteiger partial charge in [0, 0.05) is 42.3 Å². The van der Waals surface area contributed by atoms with Crippen molar-refractivity contribution in [1.29, 1.82) is 0 Å². The second-order valence-electron chi connectivity index (χ2n) is 7.61. The number of halogens is 1. The smallest absolute Gasteiger partial charge is 0.274 e. The van der Waals surface area contributed by atoms with Gasteiger partial charge in [0.15, 0.2) is 0 Å². The highest BCUT2D eigenvalue weighted by atomic mass is 35.5. The topological polar surface area (TPSA) is 72.9 Å². The summed E-state index contributed by atoms with van der Waals surface area (Å²) in [6.07, 6.45) is 0.356. The van der Waals surface area contributed by atoms with E-state index in [2.05, 4.69) is 18.7 Å². The quantitative estimate of drug-likeness (QED) is 0.581. The van der Waals surface area contributed by atoms with Crippen molar-refractivity contribution in [2.45, 2.75) is 38.9 Å². The number of piperazine rings is 1. The second kappa shape index (κ2) is 9.39. The van der Waals surface area contributed by atoms with Gasteiger partial charge in [-0.25, -0.2) is 5.48 Å². The first-order valence-electron chi connectivity index (χ1n) is 9.68. The molecule has 1 saturated heterocycles. The van der Waals surface area contributed by atoms with Gasteiger partial charge in [-0.2, -0.15) is 0 Å². The Morgan fingerprint density at radius 2 is 1.72 bits per heavy atom. The number of carbonyl (C=O) groups is 2. The number of hydrogen-bond acceptors (Lipinski definition) is 4. The zero-order valence-electron chi connectivity index (χ0n) is 16.6. The molecule has 2 amide bonds. The Morgan fingerprint density at radius 1 is 1.07 bits per heavy atom. The molecule has 29 heavy (non-hydrogen) atoms. The van der Waals surface area contributed by atoms with E-state index in [0.29, 0.717) is 30.1 Å². The van der Waals surface area contributed by atoms with E-state index in [-0.39, 0.29) is 18.0 Å². The lowest BCUT2D eigenvalue weighted by Gasteiger charge is -2.44. The summed E-state index contributed by atoms with van der Waals surface area (Å²) in [5, 5.41) is 9.36. The van der Waals surface area contributed by atoms with E-state index in [1.54, 1.807) is 23.7 Å². The van der Waals surface area contributed by atoms with Crippen molar-refractivity contribution in [2.75, 3.05) is 13.1 Å². The summed E-state index contributed by atoms with van der Waals surface area (Å²) < 4.78 is 0. The molecule has 0 aliphatic carbocycles. The number of benzene rings is 2. The Balaban J connectivity index is 1.60. The lowest BCUT2D eigenvalue weighted by molar-refractivity contribution is -0.135. The average Bonchev–Trinajstić information content (AvgIpc) is 2.70. The van der Waals surface area contributed by atoms with E-state index >= 15 is 0 Å². The molecule has 6 nitrogen and oxygen atoms in total. The van der Waals surface area contributed by atoms with Gasteiger partial charge in [0.2, 0.25) is 5.91 Å². The molecule has 2 aromatic rings. The molecular formula is C22H26ClN3O3. The molecule has 1 aliphatic heterocycles. The van der Waals surface area contributed by atoms with Crippen LogP contribution in [0.25, 0.3) is 0 Å². The first-order valence-corrected chi connectivity index (χ1v) is 10.1. The molecule has 0 bridgehead atoms. The van der Waals surface area contributed by atoms with Gasteiger partial charge in [0.05, 0.1) is 6.42 Å². The predicted molar refractivity (Wildman–Crippen MR) is 112 cm³/mol. The molecule has 3 rings (SSSR count). The van der Waals surface area contributed by atoms with Crippen molar-refractivity contribution in [3.05, 3.63) is 70.2 Å². The number of nitrogens with zero attached hydrogens (tertiary/aromatic N) is 2. The molecule has 2 atom stereocenters. The number of carbonyl (C=O) groups excluding carboxylic acids is 2. The van der Waals surface area contributed by atoms with Crippen LogP contribution in [-0.4, -0.2) is 52.0 Å². The van der Waals surface area contributed by atoms with Crippen molar-refractivity contribution in [3.63, 3.8) is 0 Å². The second-order valence-corrected chi connectivity index (χ2v) is 8.05. The highest BCUT2D eigenvalue weighted by Gasteiger charge is 2.31. The minimum absolute atomic E-state index is 0.116. The molecule has 1 heterocycles. The van der Waals surface area contributed by atoms with E-state index in [1.807, 2.05) is 35.2 Å². The third-order valence-electron chi connectivity index (χ3n) is 5.38. The minimum atomic E-state index is -0.523. The zero-order valence-corrected chi connectivity index (χ0v) is 17.4. The van der Waals surface area contributed by atoms with Crippen molar-refractivity contribution in [1.82, 2.24) is 15.3 Å². The maximum absolute atomic E-state index is 12.8. The van der Waals surface area contributed by atoms with Crippen LogP contribution in [0.5, 0.6) is 0 Å². The number of amides is 2. The summed E-state index contributed by atoms with van der Waals surface area (Å²) in [7, 11) is 0. The van der Waals surface area contributed by atoms with Crippen molar-refractivity contribution >= 4 is 23.4 Å².